The zero-order valence-corrected chi connectivity index (χ0v) is 16.4. The summed E-state index contributed by atoms with van der Waals surface area (Å²) in [6.07, 6.45) is 6.14. The molecule has 25 heavy (non-hydrogen) atoms. The van der Waals surface area contributed by atoms with Crippen LogP contribution < -0.4 is 4.74 Å². The van der Waals surface area contributed by atoms with Crippen LogP contribution in [-0.4, -0.2) is 36.8 Å². The minimum absolute atomic E-state index is 0.0557. The summed E-state index contributed by atoms with van der Waals surface area (Å²) in [6, 6.07) is 6.27. The number of hydrogen-bond acceptors (Lipinski definition) is 3. The van der Waals surface area contributed by atoms with E-state index in [0.29, 0.717) is 0 Å². The topological polar surface area (TPSA) is 38.8 Å². The van der Waals surface area contributed by atoms with Gasteiger partial charge in [0.1, 0.15) is 11.4 Å². The van der Waals surface area contributed by atoms with E-state index in [1.807, 2.05) is 45.6 Å². The monoisotopic (exact) mass is 345 g/mol. The number of nitrogens with zero attached hydrogens (tertiary/aromatic N) is 1. The van der Waals surface area contributed by atoms with Crippen molar-refractivity contribution in [2.24, 2.45) is 0 Å². The van der Waals surface area contributed by atoms with E-state index < -0.39 is 5.60 Å². The van der Waals surface area contributed by atoms with Gasteiger partial charge in [0.15, 0.2) is 0 Å². The van der Waals surface area contributed by atoms with Gasteiger partial charge in [0, 0.05) is 18.5 Å². The zero-order chi connectivity index (χ0) is 18.7. The summed E-state index contributed by atoms with van der Waals surface area (Å²) in [5.41, 5.74) is 2.19. The molecule has 2 aliphatic rings. The average molecular weight is 345 g/mol. The highest BCUT2D eigenvalue weighted by Crippen LogP contribution is 2.44. The van der Waals surface area contributed by atoms with E-state index in [9.17, 15) is 4.79 Å². The Hall–Kier alpha value is -1.97. The second-order valence-electron chi connectivity index (χ2n) is 7.41. The minimum Gasteiger partial charge on any atom is -0.497 e. The van der Waals surface area contributed by atoms with Gasteiger partial charge in [-0.15, -0.1) is 0 Å². The molecule has 1 aliphatic heterocycles. The number of hydrogen-bond donors (Lipinski definition) is 0. The number of carbonyl (C=O) groups is 1. The molecule has 1 aliphatic carbocycles. The molecule has 0 saturated carbocycles. The second kappa shape index (κ2) is 7.51. The lowest BCUT2D eigenvalue weighted by Gasteiger charge is -2.39. The Labute approximate surface area is 151 Å². The van der Waals surface area contributed by atoms with Crippen LogP contribution in [0.25, 0.3) is 6.08 Å². The number of allylic oxidation sites excluding steroid dienone is 1. The molecule has 1 aromatic rings. The highest BCUT2D eigenvalue weighted by Gasteiger charge is 2.39. The lowest BCUT2D eigenvalue weighted by atomic mass is 9.74. The molecule has 138 valence electrons. The summed E-state index contributed by atoms with van der Waals surface area (Å²) < 4.78 is 10.8. The molecule has 0 radical (unpaired) electrons. The molecule has 0 unspecified atom stereocenters. The highest BCUT2D eigenvalue weighted by atomic mass is 16.6. The van der Waals surface area contributed by atoms with E-state index in [-0.39, 0.29) is 11.5 Å². The summed E-state index contributed by atoms with van der Waals surface area (Å²) in [4.78, 5) is 14.0. The van der Waals surface area contributed by atoms with Crippen LogP contribution >= 0.6 is 0 Å². The van der Waals surface area contributed by atoms with Crippen LogP contribution in [0.1, 0.15) is 58.6 Å². The number of methoxy groups -OCH3 is 1. The van der Waals surface area contributed by atoms with Gasteiger partial charge in [-0.3, -0.25) is 0 Å². The van der Waals surface area contributed by atoms with Crippen molar-refractivity contribution in [2.75, 3.05) is 20.2 Å². The van der Waals surface area contributed by atoms with Crippen LogP contribution in [0.3, 0.4) is 0 Å². The predicted octanol–water partition coefficient (Wildman–Crippen LogP) is 5.02. The fraction of sp³-hybridized carbons (Fsp3) is 0.571. The molecule has 1 spiro atoms. The number of amides is 1. The quantitative estimate of drug-likeness (QED) is 0.717. The van der Waals surface area contributed by atoms with Crippen molar-refractivity contribution in [2.45, 2.75) is 58.5 Å². The standard InChI is InChI=1S/C19H25NO3.C2H6/c1-18(2,3)23-17(21)20-11-9-19(10-12-20)8-7-14-13-15(22-4)5-6-16(14)19;1-2/h5-8,13H,9-12H2,1-4H3;1-2H3. The Balaban J connectivity index is 0.00000109. The molecule has 4 heteroatoms. The smallest absolute Gasteiger partial charge is 0.410 e. The third kappa shape index (κ3) is 4.17. The van der Waals surface area contributed by atoms with Gasteiger partial charge in [0.25, 0.3) is 0 Å². The Kier molecular flexibility index (Phi) is 5.81. The molecule has 0 N–H and O–H groups in total. The molecular formula is C21H31NO3. The maximum Gasteiger partial charge on any atom is 0.410 e. The van der Waals surface area contributed by atoms with Crippen molar-refractivity contribution < 1.29 is 14.3 Å². The highest BCUT2D eigenvalue weighted by molar-refractivity contribution is 5.70. The largest absolute Gasteiger partial charge is 0.497 e. The first kappa shape index (κ1) is 19.4. The van der Waals surface area contributed by atoms with Gasteiger partial charge in [0.05, 0.1) is 7.11 Å². The number of piperidine rings is 1. The number of likely N-dealkylation sites (tertiary alicyclic amines) is 1. The summed E-state index contributed by atoms with van der Waals surface area (Å²) in [5, 5.41) is 0. The third-order valence-corrected chi connectivity index (χ3v) is 4.68. The number of carbonyl (C=O) groups excluding carboxylic acids is 1. The molecule has 0 atom stereocenters. The van der Waals surface area contributed by atoms with Crippen molar-refractivity contribution in [3.8, 4) is 5.75 Å². The fourth-order valence-corrected chi connectivity index (χ4v) is 3.45. The maximum atomic E-state index is 12.2. The first-order valence-corrected chi connectivity index (χ1v) is 9.19. The molecule has 1 aromatic carbocycles. The molecule has 1 saturated heterocycles. The number of fused-ring (bicyclic) bond motifs is 2. The summed E-state index contributed by atoms with van der Waals surface area (Å²) in [6.45, 7) is 11.2. The Morgan fingerprint density at radius 2 is 1.80 bits per heavy atom. The number of benzene rings is 1. The molecule has 1 heterocycles. The lowest BCUT2D eigenvalue weighted by molar-refractivity contribution is 0.0184. The number of rotatable bonds is 1. The van der Waals surface area contributed by atoms with E-state index in [1.165, 1.54) is 11.1 Å². The van der Waals surface area contributed by atoms with Crippen LogP contribution in [0.15, 0.2) is 24.3 Å². The molecule has 1 fully saturated rings. The molecule has 4 nitrogen and oxygen atoms in total. The van der Waals surface area contributed by atoms with Gasteiger partial charge in [-0.05, 0) is 56.9 Å². The SMILES string of the molecule is CC.COc1ccc2c(c1)C=CC21CCN(C(=O)OC(C)(C)C)CC1. The van der Waals surface area contributed by atoms with Crippen LogP contribution in [0.4, 0.5) is 4.79 Å². The van der Waals surface area contributed by atoms with Crippen molar-refractivity contribution in [3.63, 3.8) is 0 Å². The summed E-state index contributed by atoms with van der Waals surface area (Å²) in [5.74, 6) is 0.886. The molecule has 0 aromatic heterocycles. The zero-order valence-electron chi connectivity index (χ0n) is 16.4. The minimum atomic E-state index is -0.442. The van der Waals surface area contributed by atoms with Crippen molar-refractivity contribution in [1.82, 2.24) is 4.90 Å². The summed E-state index contributed by atoms with van der Waals surface area (Å²) >= 11 is 0. The fourth-order valence-electron chi connectivity index (χ4n) is 3.45. The normalized spacial score (nSPS) is 17.6. The second-order valence-corrected chi connectivity index (χ2v) is 7.41. The first-order chi connectivity index (χ1) is 11.8. The van der Waals surface area contributed by atoms with Gasteiger partial charge in [0.2, 0.25) is 0 Å². The van der Waals surface area contributed by atoms with Crippen molar-refractivity contribution in [1.29, 1.82) is 0 Å². The van der Waals surface area contributed by atoms with E-state index in [2.05, 4.69) is 24.3 Å². The van der Waals surface area contributed by atoms with Crippen LogP contribution in [-0.2, 0) is 10.2 Å². The number of ether oxygens (including phenoxy) is 2. The Bertz CT molecular complexity index is 635. The van der Waals surface area contributed by atoms with Crippen molar-refractivity contribution >= 4 is 12.2 Å². The van der Waals surface area contributed by atoms with Gasteiger partial charge < -0.3 is 14.4 Å². The van der Waals surface area contributed by atoms with E-state index in [0.717, 1.165) is 31.7 Å². The maximum absolute atomic E-state index is 12.2. The van der Waals surface area contributed by atoms with Gasteiger partial charge >= 0.3 is 6.09 Å². The third-order valence-electron chi connectivity index (χ3n) is 4.68. The van der Waals surface area contributed by atoms with Gasteiger partial charge in [-0.1, -0.05) is 32.1 Å². The van der Waals surface area contributed by atoms with E-state index in [1.54, 1.807) is 7.11 Å². The van der Waals surface area contributed by atoms with E-state index >= 15 is 0 Å². The molecule has 3 rings (SSSR count). The summed E-state index contributed by atoms with van der Waals surface area (Å²) in [7, 11) is 1.69. The van der Waals surface area contributed by atoms with Crippen LogP contribution in [0, 0.1) is 0 Å². The van der Waals surface area contributed by atoms with E-state index in [4.69, 9.17) is 9.47 Å². The predicted molar refractivity (Wildman–Crippen MR) is 102 cm³/mol. The molecular weight excluding hydrogens is 314 g/mol. The average Bonchev–Trinajstić information content (AvgIpc) is 2.93. The van der Waals surface area contributed by atoms with Gasteiger partial charge in [-0.25, -0.2) is 4.79 Å². The Morgan fingerprint density at radius 3 is 2.36 bits per heavy atom. The van der Waals surface area contributed by atoms with Crippen molar-refractivity contribution in [3.05, 3.63) is 35.4 Å². The Morgan fingerprint density at radius 1 is 1.16 bits per heavy atom. The first-order valence-electron chi connectivity index (χ1n) is 9.19. The van der Waals surface area contributed by atoms with Crippen LogP contribution in [0.2, 0.25) is 0 Å². The molecule has 0 bridgehead atoms. The molecule has 1 amide bonds. The lowest BCUT2D eigenvalue weighted by Crippen LogP contribution is -2.45. The van der Waals surface area contributed by atoms with Gasteiger partial charge in [-0.2, -0.15) is 0 Å². The van der Waals surface area contributed by atoms with Crippen LogP contribution in [0.5, 0.6) is 5.75 Å².